The number of amides is 2. The maximum Gasteiger partial charge on any atom is 0.408 e. The lowest BCUT2D eigenvalue weighted by atomic mass is 10.0. The minimum atomic E-state index is -0.902. The minimum absolute atomic E-state index is 0.142. The maximum atomic E-state index is 13.6. The van der Waals surface area contributed by atoms with Crippen molar-refractivity contribution in [3.63, 3.8) is 0 Å². The highest BCUT2D eigenvalue weighted by Gasteiger charge is 2.39. The van der Waals surface area contributed by atoms with Crippen LogP contribution in [0.2, 0.25) is 0 Å². The number of alkyl carbamates (subject to hydrolysis) is 1. The molecule has 1 N–H and O–H groups in total. The average molecular weight is 483 g/mol. The number of ether oxygens (including phenoxy) is 3. The maximum absolute atomic E-state index is 13.6. The molecule has 0 saturated carbocycles. The molecular weight excluding hydrogens is 448 g/mol. The molecule has 8 nitrogen and oxygen atoms in total. The highest BCUT2D eigenvalue weighted by Crippen LogP contribution is 2.22. The van der Waals surface area contributed by atoms with Crippen LogP contribution in [0.4, 0.5) is 4.79 Å². The molecule has 0 aliphatic carbocycles. The molecule has 0 unspecified atom stereocenters. The van der Waals surface area contributed by atoms with Gasteiger partial charge in [0.15, 0.2) is 0 Å². The van der Waals surface area contributed by atoms with Crippen LogP contribution in [0, 0.1) is 0 Å². The van der Waals surface area contributed by atoms with Crippen LogP contribution in [0.15, 0.2) is 54.6 Å². The SMILES string of the molecule is COc1ccc(C[C@H](NC(=O)OC(C)(C)C)C(=O)N2CCC[C@@H]2C(=O)OCc2ccccc2)cc1. The molecule has 1 aliphatic rings. The molecule has 0 spiro atoms. The van der Waals surface area contributed by atoms with E-state index < -0.39 is 29.7 Å². The fourth-order valence-electron chi connectivity index (χ4n) is 3.95. The van der Waals surface area contributed by atoms with Gasteiger partial charge in [-0.3, -0.25) is 4.79 Å². The van der Waals surface area contributed by atoms with Crippen molar-refractivity contribution in [2.75, 3.05) is 13.7 Å². The summed E-state index contributed by atoms with van der Waals surface area (Å²) < 4.78 is 16.1. The first kappa shape index (κ1) is 26.1. The molecule has 2 aromatic rings. The summed E-state index contributed by atoms with van der Waals surface area (Å²) in [7, 11) is 1.58. The number of likely N-dealkylation sites (tertiary alicyclic amines) is 1. The Bertz CT molecular complexity index is 1000. The van der Waals surface area contributed by atoms with Crippen molar-refractivity contribution in [3.05, 3.63) is 65.7 Å². The summed E-state index contributed by atoms with van der Waals surface area (Å²) in [5.74, 6) is -0.0940. The van der Waals surface area contributed by atoms with Crippen LogP contribution >= 0.6 is 0 Å². The van der Waals surface area contributed by atoms with E-state index in [-0.39, 0.29) is 18.9 Å². The van der Waals surface area contributed by atoms with Crippen molar-refractivity contribution in [2.45, 2.75) is 64.3 Å². The summed E-state index contributed by atoms with van der Waals surface area (Å²) in [6.45, 7) is 5.83. The Morgan fingerprint density at radius 3 is 2.34 bits per heavy atom. The van der Waals surface area contributed by atoms with Crippen LogP contribution in [0.1, 0.15) is 44.7 Å². The number of esters is 1. The second-order valence-corrected chi connectivity index (χ2v) is 9.53. The molecule has 35 heavy (non-hydrogen) atoms. The highest BCUT2D eigenvalue weighted by molar-refractivity contribution is 5.90. The molecular formula is C27H34N2O6. The lowest BCUT2D eigenvalue weighted by Crippen LogP contribution is -2.53. The van der Waals surface area contributed by atoms with Gasteiger partial charge in [-0.25, -0.2) is 9.59 Å². The van der Waals surface area contributed by atoms with Gasteiger partial charge >= 0.3 is 12.1 Å². The van der Waals surface area contributed by atoms with Crippen molar-refractivity contribution in [2.24, 2.45) is 0 Å². The third-order valence-electron chi connectivity index (χ3n) is 5.62. The van der Waals surface area contributed by atoms with Gasteiger partial charge in [0.25, 0.3) is 0 Å². The minimum Gasteiger partial charge on any atom is -0.497 e. The quantitative estimate of drug-likeness (QED) is 0.574. The Hall–Kier alpha value is -3.55. The van der Waals surface area contributed by atoms with Gasteiger partial charge in [0.05, 0.1) is 7.11 Å². The molecule has 2 aromatic carbocycles. The van der Waals surface area contributed by atoms with Crippen molar-refractivity contribution < 1.29 is 28.6 Å². The van der Waals surface area contributed by atoms with Gasteiger partial charge in [-0.05, 0) is 56.9 Å². The third kappa shape index (κ3) is 7.73. The van der Waals surface area contributed by atoms with E-state index >= 15 is 0 Å². The largest absolute Gasteiger partial charge is 0.497 e. The van der Waals surface area contributed by atoms with E-state index in [1.165, 1.54) is 4.90 Å². The lowest BCUT2D eigenvalue weighted by molar-refractivity contribution is -0.155. The van der Waals surface area contributed by atoms with Crippen LogP contribution in [-0.4, -0.2) is 54.2 Å². The smallest absolute Gasteiger partial charge is 0.408 e. The molecule has 1 fully saturated rings. The van der Waals surface area contributed by atoms with E-state index in [1.807, 2.05) is 42.5 Å². The summed E-state index contributed by atoms with van der Waals surface area (Å²) in [5.41, 5.74) is 0.998. The van der Waals surface area contributed by atoms with Crippen LogP contribution in [0.3, 0.4) is 0 Å². The van der Waals surface area contributed by atoms with E-state index in [4.69, 9.17) is 14.2 Å². The number of carbonyl (C=O) groups is 3. The predicted molar refractivity (Wildman–Crippen MR) is 131 cm³/mol. The molecule has 0 aromatic heterocycles. The Morgan fingerprint density at radius 2 is 1.71 bits per heavy atom. The summed E-state index contributed by atoms with van der Waals surface area (Å²) >= 11 is 0. The van der Waals surface area contributed by atoms with Crippen LogP contribution < -0.4 is 10.1 Å². The van der Waals surface area contributed by atoms with Gasteiger partial charge in [0, 0.05) is 13.0 Å². The second kappa shape index (κ2) is 11.7. The molecule has 188 valence electrons. The Kier molecular flexibility index (Phi) is 8.73. The van der Waals surface area contributed by atoms with Gasteiger partial charge in [-0.15, -0.1) is 0 Å². The van der Waals surface area contributed by atoms with E-state index in [9.17, 15) is 14.4 Å². The summed E-state index contributed by atoms with van der Waals surface area (Å²) in [6, 6.07) is 15.1. The predicted octanol–water partition coefficient (Wildman–Crippen LogP) is 3.87. The highest BCUT2D eigenvalue weighted by atomic mass is 16.6. The van der Waals surface area contributed by atoms with Gasteiger partial charge in [-0.2, -0.15) is 0 Å². The number of benzene rings is 2. The fraction of sp³-hybridized carbons (Fsp3) is 0.444. The van der Waals surface area contributed by atoms with Crippen molar-refractivity contribution in [3.8, 4) is 5.75 Å². The van der Waals surface area contributed by atoms with E-state index in [0.29, 0.717) is 25.1 Å². The van der Waals surface area contributed by atoms with E-state index in [0.717, 1.165) is 11.1 Å². The first-order valence-corrected chi connectivity index (χ1v) is 11.8. The molecule has 3 rings (SSSR count). The summed E-state index contributed by atoms with van der Waals surface area (Å²) in [6.07, 6.45) is 0.746. The fourth-order valence-corrected chi connectivity index (χ4v) is 3.95. The van der Waals surface area contributed by atoms with Gasteiger partial charge in [-0.1, -0.05) is 42.5 Å². The lowest BCUT2D eigenvalue weighted by Gasteiger charge is -2.29. The van der Waals surface area contributed by atoms with Crippen LogP contribution in [0.25, 0.3) is 0 Å². The molecule has 1 saturated heterocycles. The zero-order valence-electron chi connectivity index (χ0n) is 20.8. The second-order valence-electron chi connectivity index (χ2n) is 9.53. The van der Waals surface area contributed by atoms with Crippen molar-refractivity contribution in [1.29, 1.82) is 0 Å². The first-order valence-electron chi connectivity index (χ1n) is 11.8. The standard InChI is InChI=1S/C27H34N2O6/c1-27(2,3)35-26(32)28-22(17-19-12-14-21(33-4)15-13-19)24(30)29-16-8-11-23(29)25(31)34-18-20-9-6-5-7-10-20/h5-7,9-10,12-15,22-23H,8,11,16-18H2,1-4H3,(H,28,32)/t22-,23+/m0/s1. The molecule has 2 atom stereocenters. The van der Waals surface area contributed by atoms with Gasteiger partial charge in [0.2, 0.25) is 5.91 Å². The Morgan fingerprint density at radius 1 is 1.03 bits per heavy atom. The zero-order valence-corrected chi connectivity index (χ0v) is 20.8. The number of hydrogen-bond donors (Lipinski definition) is 1. The average Bonchev–Trinajstić information content (AvgIpc) is 3.32. The van der Waals surface area contributed by atoms with E-state index in [1.54, 1.807) is 40.0 Å². The first-order chi connectivity index (χ1) is 16.7. The number of carbonyl (C=O) groups excluding carboxylic acids is 3. The molecule has 0 radical (unpaired) electrons. The Labute approximate surface area is 206 Å². The molecule has 2 amide bonds. The zero-order chi connectivity index (χ0) is 25.4. The van der Waals surface area contributed by atoms with Crippen LogP contribution in [-0.2, 0) is 32.1 Å². The topological polar surface area (TPSA) is 94.2 Å². The number of nitrogens with zero attached hydrogens (tertiary/aromatic N) is 1. The van der Waals surface area contributed by atoms with Crippen LogP contribution in [0.5, 0.6) is 5.75 Å². The third-order valence-corrected chi connectivity index (χ3v) is 5.62. The van der Waals surface area contributed by atoms with Gasteiger partial charge in [0.1, 0.15) is 30.0 Å². The number of rotatable bonds is 8. The van der Waals surface area contributed by atoms with E-state index in [2.05, 4.69) is 5.32 Å². The monoisotopic (exact) mass is 482 g/mol. The number of hydrogen-bond acceptors (Lipinski definition) is 6. The van der Waals surface area contributed by atoms with Crippen molar-refractivity contribution in [1.82, 2.24) is 10.2 Å². The Balaban J connectivity index is 1.73. The molecule has 1 heterocycles. The molecule has 1 aliphatic heterocycles. The summed E-state index contributed by atoms with van der Waals surface area (Å²) in [5, 5.41) is 2.71. The normalized spacial score (nSPS) is 16.3. The molecule has 0 bridgehead atoms. The molecule has 8 heteroatoms. The number of nitrogens with one attached hydrogen (secondary N) is 1. The van der Waals surface area contributed by atoms with Crippen molar-refractivity contribution >= 4 is 18.0 Å². The summed E-state index contributed by atoms with van der Waals surface area (Å²) in [4.78, 5) is 40.5. The number of methoxy groups -OCH3 is 1. The van der Waals surface area contributed by atoms with Gasteiger partial charge < -0.3 is 24.4 Å².